The molecule has 0 bridgehead atoms. The number of aromatic nitrogens is 1. The van der Waals surface area contributed by atoms with Crippen LogP contribution >= 0.6 is 0 Å². The van der Waals surface area contributed by atoms with E-state index in [9.17, 15) is 4.79 Å². The van der Waals surface area contributed by atoms with Gasteiger partial charge in [-0.15, -0.1) is 0 Å². The number of hydrogen-bond acceptors (Lipinski definition) is 4. The zero-order valence-electron chi connectivity index (χ0n) is 9.75. The number of nitrogens with zero attached hydrogens (tertiary/aromatic N) is 1. The molecule has 0 aromatic carbocycles. The molecule has 5 heteroatoms. The Morgan fingerprint density at radius 2 is 2.19 bits per heavy atom. The number of rotatable bonds is 6. The van der Waals surface area contributed by atoms with E-state index in [4.69, 9.17) is 9.63 Å². The summed E-state index contributed by atoms with van der Waals surface area (Å²) in [4.78, 5) is 11.4. The van der Waals surface area contributed by atoms with Gasteiger partial charge in [-0.3, -0.25) is 4.79 Å². The molecule has 1 aromatic heterocycles. The van der Waals surface area contributed by atoms with Gasteiger partial charge in [-0.2, -0.15) is 0 Å². The van der Waals surface area contributed by atoms with Gasteiger partial charge in [-0.25, -0.2) is 0 Å². The summed E-state index contributed by atoms with van der Waals surface area (Å²) in [5, 5.41) is 15.2. The normalized spacial score (nSPS) is 10.4. The quantitative estimate of drug-likeness (QED) is 0.711. The molecule has 5 nitrogen and oxygen atoms in total. The van der Waals surface area contributed by atoms with E-state index in [1.807, 2.05) is 13.8 Å². The van der Waals surface area contributed by atoms with E-state index in [1.165, 1.54) is 0 Å². The van der Waals surface area contributed by atoms with E-state index in [1.54, 1.807) is 0 Å². The van der Waals surface area contributed by atoms with Crippen LogP contribution in [0.1, 0.15) is 36.3 Å². The number of aliphatic hydroxyl groups is 1. The highest BCUT2D eigenvalue weighted by Crippen LogP contribution is 2.11. The molecule has 0 atom stereocenters. The number of unbranched alkanes of at least 4 members (excludes halogenated alkanes) is 1. The van der Waals surface area contributed by atoms with Crippen molar-refractivity contribution in [2.75, 3.05) is 6.61 Å². The number of amides is 1. The highest BCUT2D eigenvalue weighted by atomic mass is 16.5. The van der Waals surface area contributed by atoms with Crippen LogP contribution in [0.5, 0.6) is 0 Å². The lowest BCUT2D eigenvalue weighted by Gasteiger charge is -2.04. The average molecular weight is 226 g/mol. The van der Waals surface area contributed by atoms with Crippen LogP contribution < -0.4 is 5.32 Å². The molecule has 0 unspecified atom stereocenters. The van der Waals surface area contributed by atoms with Crippen LogP contribution in [0.2, 0.25) is 0 Å². The van der Waals surface area contributed by atoms with Gasteiger partial charge in [-0.1, -0.05) is 5.16 Å². The number of hydrogen-bond donors (Lipinski definition) is 2. The second-order valence-electron chi connectivity index (χ2n) is 3.76. The van der Waals surface area contributed by atoms with Gasteiger partial charge in [0, 0.05) is 25.1 Å². The van der Waals surface area contributed by atoms with Gasteiger partial charge >= 0.3 is 0 Å². The summed E-state index contributed by atoms with van der Waals surface area (Å²) in [5.74, 6) is 0.738. The van der Waals surface area contributed by atoms with Crippen LogP contribution in [0.25, 0.3) is 0 Å². The molecule has 1 amide bonds. The first-order valence-electron chi connectivity index (χ1n) is 5.44. The van der Waals surface area contributed by atoms with Crippen LogP contribution in [0.3, 0.4) is 0 Å². The summed E-state index contributed by atoms with van der Waals surface area (Å²) in [7, 11) is 0. The van der Waals surface area contributed by atoms with Crippen molar-refractivity contribution in [2.45, 2.75) is 39.7 Å². The van der Waals surface area contributed by atoms with Gasteiger partial charge in [0.2, 0.25) is 5.91 Å². The second-order valence-corrected chi connectivity index (χ2v) is 3.76. The van der Waals surface area contributed by atoms with Gasteiger partial charge in [-0.05, 0) is 26.7 Å². The monoisotopic (exact) mass is 226 g/mol. The molecule has 0 aliphatic heterocycles. The molecular formula is C11H18N2O3. The first kappa shape index (κ1) is 12.7. The molecule has 16 heavy (non-hydrogen) atoms. The lowest BCUT2D eigenvalue weighted by Crippen LogP contribution is -2.22. The molecule has 0 radical (unpaired) electrons. The maximum atomic E-state index is 11.4. The minimum atomic E-state index is -0.00606. The standard InChI is InChI=1S/C11H18N2O3/c1-8-10(9(2)16-13-8)7-12-11(15)5-3-4-6-14/h14H,3-7H2,1-2H3,(H,12,15). The molecular weight excluding hydrogens is 208 g/mol. The van der Waals surface area contributed by atoms with Gasteiger partial charge in [0.15, 0.2) is 0 Å². The van der Waals surface area contributed by atoms with E-state index >= 15 is 0 Å². The highest BCUT2D eigenvalue weighted by molar-refractivity contribution is 5.75. The topological polar surface area (TPSA) is 75.4 Å². The summed E-state index contributed by atoms with van der Waals surface area (Å²) in [5.41, 5.74) is 1.75. The summed E-state index contributed by atoms with van der Waals surface area (Å²) in [6, 6.07) is 0. The molecule has 90 valence electrons. The van der Waals surface area contributed by atoms with Crippen LogP contribution in [-0.2, 0) is 11.3 Å². The maximum Gasteiger partial charge on any atom is 0.220 e. The Balaban J connectivity index is 2.32. The predicted octanol–water partition coefficient (Wildman–Crippen LogP) is 1.07. The number of carbonyl (C=O) groups is 1. The van der Waals surface area contributed by atoms with E-state index in [2.05, 4.69) is 10.5 Å². The number of carbonyl (C=O) groups excluding carboxylic acids is 1. The van der Waals surface area contributed by atoms with E-state index in [0.29, 0.717) is 25.8 Å². The fourth-order valence-electron chi connectivity index (χ4n) is 1.43. The Bertz CT molecular complexity index is 327. The molecule has 0 spiro atoms. The van der Waals surface area contributed by atoms with Crippen molar-refractivity contribution >= 4 is 5.91 Å². The Hall–Kier alpha value is -1.36. The van der Waals surface area contributed by atoms with E-state index in [-0.39, 0.29) is 12.5 Å². The van der Waals surface area contributed by atoms with Crippen molar-refractivity contribution in [1.82, 2.24) is 10.5 Å². The zero-order chi connectivity index (χ0) is 12.0. The minimum absolute atomic E-state index is 0.00606. The number of nitrogens with one attached hydrogen (secondary N) is 1. The summed E-state index contributed by atoms with van der Waals surface area (Å²) >= 11 is 0. The highest BCUT2D eigenvalue weighted by Gasteiger charge is 2.09. The molecule has 1 aromatic rings. The largest absolute Gasteiger partial charge is 0.396 e. The SMILES string of the molecule is Cc1noc(C)c1CNC(=O)CCCCO. The molecule has 2 N–H and O–H groups in total. The summed E-state index contributed by atoms with van der Waals surface area (Å²) < 4.78 is 4.99. The zero-order valence-corrected chi connectivity index (χ0v) is 9.75. The summed E-state index contributed by atoms with van der Waals surface area (Å²) in [6.45, 7) is 4.27. The minimum Gasteiger partial charge on any atom is -0.396 e. The van der Waals surface area contributed by atoms with Gasteiger partial charge in [0.1, 0.15) is 5.76 Å². The first-order chi connectivity index (χ1) is 7.65. The second kappa shape index (κ2) is 6.27. The van der Waals surface area contributed by atoms with Crippen molar-refractivity contribution in [1.29, 1.82) is 0 Å². The smallest absolute Gasteiger partial charge is 0.220 e. The van der Waals surface area contributed by atoms with Crippen LogP contribution in [0, 0.1) is 13.8 Å². The predicted molar refractivity (Wildman–Crippen MR) is 58.8 cm³/mol. The molecule has 0 saturated heterocycles. The van der Waals surface area contributed by atoms with Gasteiger partial charge in [0.05, 0.1) is 5.69 Å². The van der Waals surface area contributed by atoms with Gasteiger partial charge in [0.25, 0.3) is 0 Å². The molecule has 0 saturated carbocycles. The number of aryl methyl sites for hydroxylation is 2. The maximum absolute atomic E-state index is 11.4. The Morgan fingerprint density at radius 1 is 1.44 bits per heavy atom. The van der Waals surface area contributed by atoms with Crippen LogP contribution in [0.15, 0.2) is 4.52 Å². The fourth-order valence-corrected chi connectivity index (χ4v) is 1.43. The lowest BCUT2D eigenvalue weighted by molar-refractivity contribution is -0.121. The van der Waals surface area contributed by atoms with E-state index < -0.39 is 0 Å². The fraction of sp³-hybridized carbons (Fsp3) is 0.636. The molecule has 0 aliphatic rings. The Labute approximate surface area is 94.8 Å². The van der Waals surface area contributed by atoms with Crippen molar-refractivity contribution in [3.63, 3.8) is 0 Å². The number of aliphatic hydroxyl groups excluding tert-OH is 1. The third kappa shape index (κ3) is 3.66. The molecule has 0 fully saturated rings. The van der Waals surface area contributed by atoms with Crippen LogP contribution in [0.4, 0.5) is 0 Å². The molecule has 1 heterocycles. The van der Waals surface area contributed by atoms with Crippen molar-refractivity contribution in [2.24, 2.45) is 0 Å². The van der Waals surface area contributed by atoms with Crippen molar-refractivity contribution in [3.8, 4) is 0 Å². The van der Waals surface area contributed by atoms with Crippen LogP contribution in [-0.4, -0.2) is 22.8 Å². The first-order valence-corrected chi connectivity index (χ1v) is 5.44. The Morgan fingerprint density at radius 3 is 2.75 bits per heavy atom. The molecule has 1 rings (SSSR count). The summed E-state index contributed by atoms with van der Waals surface area (Å²) in [6.07, 6.45) is 1.83. The van der Waals surface area contributed by atoms with Crippen molar-refractivity contribution in [3.05, 3.63) is 17.0 Å². The third-order valence-corrected chi connectivity index (χ3v) is 2.46. The lowest BCUT2D eigenvalue weighted by atomic mass is 10.2. The average Bonchev–Trinajstić information content (AvgIpc) is 2.57. The van der Waals surface area contributed by atoms with E-state index in [0.717, 1.165) is 17.0 Å². The van der Waals surface area contributed by atoms with Gasteiger partial charge < -0.3 is 14.9 Å². The van der Waals surface area contributed by atoms with Crippen molar-refractivity contribution < 1.29 is 14.4 Å². The third-order valence-electron chi connectivity index (χ3n) is 2.46. The Kier molecular flexibility index (Phi) is 4.98. The molecule has 0 aliphatic carbocycles.